The van der Waals surface area contributed by atoms with Gasteiger partial charge in [0.25, 0.3) is 0 Å². The fraction of sp³-hybridized carbons (Fsp3) is 0.583. The topological polar surface area (TPSA) is 26.3 Å². The summed E-state index contributed by atoms with van der Waals surface area (Å²) in [7, 11) is 0. The van der Waals surface area contributed by atoms with Crippen LogP contribution >= 0.6 is 27.3 Å². The normalized spacial score (nSPS) is 20.2. The van der Waals surface area contributed by atoms with Crippen molar-refractivity contribution in [3.05, 3.63) is 20.8 Å². The van der Waals surface area contributed by atoms with Gasteiger partial charge in [-0.3, -0.25) is 4.79 Å². The van der Waals surface area contributed by atoms with Gasteiger partial charge in [0, 0.05) is 17.5 Å². The summed E-state index contributed by atoms with van der Waals surface area (Å²) in [5.41, 5.74) is 0. The zero-order valence-electron chi connectivity index (χ0n) is 9.08. The van der Waals surface area contributed by atoms with Crippen molar-refractivity contribution in [2.45, 2.75) is 38.2 Å². The van der Waals surface area contributed by atoms with Gasteiger partial charge in [0.2, 0.25) is 0 Å². The SMILES string of the molecule is O=C(CCCC1CCCO1)c1sccc1Br. The van der Waals surface area contributed by atoms with Crippen molar-refractivity contribution < 1.29 is 9.53 Å². The number of rotatable bonds is 5. The molecule has 2 nitrogen and oxygen atoms in total. The van der Waals surface area contributed by atoms with E-state index >= 15 is 0 Å². The lowest BCUT2D eigenvalue weighted by atomic mass is 10.1. The van der Waals surface area contributed by atoms with Gasteiger partial charge in [-0.05, 0) is 53.1 Å². The summed E-state index contributed by atoms with van der Waals surface area (Å²) in [4.78, 5) is 12.7. The Hall–Kier alpha value is -0.190. The summed E-state index contributed by atoms with van der Waals surface area (Å²) in [6.45, 7) is 0.898. The van der Waals surface area contributed by atoms with Crippen LogP contribution < -0.4 is 0 Å². The van der Waals surface area contributed by atoms with Crippen LogP contribution in [0.3, 0.4) is 0 Å². The third-order valence-electron chi connectivity index (χ3n) is 2.82. The smallest absolute Gasteiger partial charge is 0.173 e. The monoisotopic (exact) mass is 302 g/mol. The number of thiophene rings is 1. The second-order valence-corrected chi connectivity index (χ2v) is 5.82. The zero-order chi connectivity index (χ0) is 11.4. The van der Waals surface area contributed by atoms with Crippen molar-refractivity contribution in [2.75, 3.05) is 6.61 Å². The van der Waals surface area contributed by atoms with Crippen molar-refractivity contribution in [1.82, 2.24) is 0 Å². The maximum absolute atomic E-state index is 11.8. The molecule has 0 saturated carbocycles. The number of ether oxygens (including phenoxy) is 1. The Bertz CT molecular complexity index is 356. The lowest BCUT2D eigenvalue weighted by molar-refractivity contribution is 0.0925. The number of ketones is 1. The molecule has 0 amide bonds. The van der Waals surface area contributed by atoms with Crippen molar-refractivity contribution in [2.24, 2.45) is 0 Å². The Kier molecular flexibility index (Phi) is 4.55. The van der Waals surface area contributed by atoms with Crippen LogP contribution in [0.2, 0.25) is 0 Å². The Morgan fingerprint density at radius 1 is 1.62 bits per heavy atom. The number of hydrogen-bond donors (Lipinski definition) is 0. The van der Waals surface area contributed by atoms with E-state index in [9.17, 15) is 4.79 Å². The molecule has 16 heavy (non-hydrogen) atoms. The van der Waals surface area contributed by atoms with Gasteiger partial charge in [-0.15, -0.1) is 11.3 Å². The van der Waals surface area contributed by atoms with Crippen molar-refractivity contribution in [3.8, 4) is 0 Å². The molecule has 0 aliphatic carbocycles. The van der Waals surface area contributed by atoms with Gasteiger partial charge in [-0.1, -0.05) is 0 Å². The number of hydrogen-bond acceptors (Lipinski definition) is 3. The molecule has 1 aliphatic rings. The Labute approximate surface area is 108 Å². The van der Waals surface area contributed by atoms with Gasteiger partial charge in [-0.25, -0.2) is 0 Å². The van der Waals surface area contributed by atoms with Crippen molar-refractivity contribution in [3.63, 3.8) is 0 Å². The molecule has 4 heteroatoms. The first kappa shape index (κ1) is 12.3. The molecule has 1 aromatic heterocycles. The van der Waals surface area contributed by atoms with Crippen LogP contribution in [0.25, 0.3) is 0 Å². The predicted octanol–water partition coefficient (Wildman–Crippen LogP) is 4.04. The van der Waals surface area contributed by atoms with E-state index in [1.807, 2.05) is 11.4 Å². The van der Waals surface area contributed by atoms with Gasteiger partial charge >= 0.3 is 0 Å². The van der Waals surface area contributed by atoms with Crippen LogP contribution in [0.1, 0.15) is 41.8 Å². The summed E-state index contributed by atoms with van der Waals surface area (Å²) in [5, 5.41) is 1.94. The summed E-state index contributed by atoms with van der Waals surface area (Å²) in [5.74, 6) is 0.250. The van der Waals surface area contributed by atoms with Crippen LogP contribution in [0.15, 0.2) is 15.9 Å². The Morgan fingerprint density at radius 2 is 2.50 bits per heavy atom. The highest BCUT2D eigenvalue weighted by Gasteiger charge is 2.16. The van der Waals surface area contributed by atoms with E-state index in [-0.39, 0.29) is 5.78 Å². The molecule has 1 atom stereocenters. The van der Waals surface area contributed by atoms with Gasteiger partial charge in [0.1, 0.15) is 0 Å². The van der Waals surface area contributed by atoms with Crippen LogP contribution in [-0.2, 0) is 4.74 Å². The Morgan fingerprint density at radius 3 is 3.12 bits per heavy atom. The Balaban J connectivity index is 1.73. The molecule has 88 valence electrons. The molecule has 2 heterocycles. The fourth-order valence-electron chi connectivity index (χ4n) is 1.97. The lowest BCUT2D eigenvalue weighted by Gasteiger charge is -2.07. The number of halogens is 1. The van der Waals surface area contributed by atoms with Crippen LogP contribution in [-0.4, -0.2) is 18.5 Å². The quantitative estimate of drug-likeness (QED) is 0.767. The molecule has 1 aromatic rings. The summed E-state index contributed by atoms with van der Waals surface area (Å²) in [6, 6.07) is 1.93. The molecule has 0 N–H and O–H groups in total. The largest absolute Gasteiger partial charge is 0.378 e. The van der Waals surface area contributed by atoms with Gasteiger partial charge < -0.3 is 4.74 Å². The van der Waals surface area contributed by atoms with E-state index in [1.54, 1.807) is 0 Å². The second kappa shape index (κ2) is 5.94. The molecule has 0 bridgehead atoms. The molecule has 1 unspecified atom stereocenters. The van der Waals surface area contributed by atoms with Gasteiger partial charge in [-0.2, -0.15) is 0 Å². The molecular weight excluding hydrogens is 288 g/mol. The van der Waals surface area contributed by atoms with E-state index < -0.39 is 0 Å². The molecule has 1 saturated heterocycles. The minimum Gasteiger partial charge on any atom is -0.378 e. The van der Waals surface area contributed by atoms with E-state index in [0.29, 0.717) is 12.5 Å². The summed E-state index contributed by atoms with van der Waals surface area (Å²) >= 11 is 4.90. The molecule has 0 aromatic carbocycles. The fourth-order valence-corrected chi connectivity index (χ4v) is 3.53. The van der Waals surface area contributed by atoms with E-state index in [4.69, 9.17) is 4.74 Å². The van der Waals surface area contributed by atoms with E-state index in [1.165, 1.54) is 17.8 Å². The highest BCUT2D eigenvalue weighted by atomic mass is 79.9. The van der Waals surface area contributed by atoms with Crippen molar-refractivity contribution >= 4 is 33.0 Å². The lowest BCUT2D eigenvalue weighted by Crippen LogP contribution is -2.06. The highest BCUT2D eigenvalue weighted by molar-refractivity contribution is 9.10. The van der Waals surface area contributed by atoms with Crippen LogP contribution in [0.4, 0.5) is 0 Å². The van der Waals surface area contributed by atoms with E-state index in [0.717, 1.165) is 35.2 Å². The molecular formula is C12H15BrO2S. The number of carbonyl (C=O) groups is 1. The average Bonchev–Trinajstić information content (AvgIpc) is 2.88. The van der Waals surface area contributed by atoms with E-state index in [2.05, 4.69) is 15.9 Å². The van der Waals surface area contributed by atoms with Gasteiger partial charge in [0.15, 0.2) is 5.78 Å². The zero-order valence-corrected chi connectivity index (χ0v) is 11.5. The second-order valence-electron chi connectivity index (χ2n) is 4.05. The minimum absolute atomic E-state index is 0.250. The molecule has 1 fully saturated rings. The standard InChI is InChI=1S/C12H15BrO2S/c13-10-6-8-16-12(10)11(14)5-1-3-9-4-2-7-15-9/h6,8-9H,1-5,7H2. The van der Waals surface area contributed by atoms with Gasteiger partial charge in [0.05, 0.1) is 11.0 Å². The molecule has 1 aliphatic heterocycles. The maximum Gasteiger partial charge on any atom is 0.173 e. The molecule has 0 radical (unpaired) electrons. The van der Waals surface area contributed by atoms with Crippen molar-refractivity contribution in [1.29, 1.82) is 0 Å². The maximum atomic E-state index is 11.8. The predicted molar refractivity (Wildman–Crippen MR) is 69.2 cm³/mol. The van der Waals surface area contributed by atoms with Crippen LogP contribution in [0, 0.1) is 0 Å². The first-order valence-electron chi connectivity index (χ1n) is 5.65. The average molecular weight is 303 g/mol. The number of carbonyl (C=O) groups excluding carboxylic acids is 1. The number of Topliss-reactive ketones (excluding diaryl/α,β-unsaturated/α-hetero) is 1. The highest BCUT2D eigenvalue weighted by Crippen LogP contribution is 2.25. The minimum atomic E-state index is 0.250. The molecule has 0 spiro atoms. The molecule has 2 rings (SSSR count). The van der Waals surface area contributed by atoms with Crippen LogP contribution in [0.5, 0.6) is 0 Å². The third kappa shape index (κ3) is 3.15. The third-order valence-corrected chi connectivity index (χ3v) is 4.70. The summed E-state index contributed by atoms with van der Waals surface area (Å²) < 4.78 is 6.46. The summed E-state index contributed by atoms with van der Waals surface area (Å²) in [6.07, 6.45) is 5.34. The first-order chi connectivity index (χ1) is 7.77. The first-order valence-corrected chi connectivity index (χ1v) is 7.32.